The summed E-state index contributed by atoms with van der Waals surface area (Å²) < 4.78 is 0.366. The largest absolute Gasteiger partial charge is 0.343 e. The van der Waals surface area contributed by atoms with Crippen LogP contribution >= 0.6 is 12.2 Å². The molecular formula is C20H35N4S+. The van der Waals surface area contributed by atoms with Gasteiger partial charge in [0.2, 0.25) is 0 Å². The summed E-state index contributed by atoms with van der Waals surface area (Å²) in [5, 5.41) is 5.47. The summed E-state index contributed by atoms with van der Waals surface area (Å²) in [6, 6.07) is 5.89. The van der Waals surface area contributed by atoms with Gasteiger partial charge in [0.1, 0.15) is 18.8 Å². The van der Waals surface area contributed by atoms with Gasteiger partial charge in [0, 0.05) is 18.4 Å². The Morgan fingerprint density at radius 1 is 1.04 bits per heavy atom. The predicted octanol–water partition coefficient (Wildman–Crippen LogP) is 5.03. The number of hydrogen-bond acceptors (Lipinski definition) is 3. The second-order valence-electron chi connectivity index (χ2n) is 6.73. The molecule has 0 spiro atoms. The van der Waals surface area contributed by atoms with Crippen LogP contribution in [-0.4, -0.2) is 33.5 Å². The fourth-order valence-electron chi connectivity index (χ4n) is 3.00. The van der Waals surface area contributed by atoms with E-state index in [2.05, 4.69) is 18.8 Å². The van der Waals surface area contributed by atoms with Gasteiger partial charge in [0.15, 0.2) is 0 Å². The lowest BCUT2D eigenvalue weighted by atomic mass is 10.1. The number of thiocarbonyl (C=S) groups is 1. The van der Waals surface area contributed by atoms with Gasteiger partial charge in [-0.1, -0.05) is 50.7 Å². The van der Waals surface area contributed by atoms with Crippen molar-refractivity contribution >= 4 is 23.0 Å². The van der Waals surface area contributed by atoms with Gasteiger partial charge < -0.3 is 5.73 Å². The van der Waals surface area contributed by atoms with Gasteiger partial charge in [-0.05, 0) is 44.7 Å². The Bertz CT molecular complexity index is 516. The normalized spacial score (nSPS) is 12.4. The number of pyridine rings is 1. The highest BCUT2D eigenvalue weighted by atomic mass is 32.1. The van der Waals surface area contributed by atoms with Crippen LogP contribution < -0.4 is 5.73 Å². The average molecular weight is 364 g/mol. The van der Waals surface area contributed by atoms with Gasteiger partial charge in [0.05, 0.1) is 5.69 Å². The van der Waals surface area contributed by atoms with Crippen molar-refractivity contribution in [2.45, 2.75) is 72.1 Å². The van der Waals surface area contributed by atoms with E-state index in [1.165, 1.54) is 38.5 Å². The van der Waals surface area contributed by atoms with Crippen LogP contribution in [0.5, 0.6) is 0 Å². The molecule has 0 amide bonds. The first kappa shape index (κ1) is 21.7. The standard InChI is InChI=1S/C20H34N4S/c1-4-6-8-12-16-24(20(21)25,17-13-9-7-5-2)23-18(3)19-14-10-11-15-22-19/h10-11,14-15H,4-9,12-13,16-17H2,1-3H3,(H-,21,25)/p+1/b23-18+. The zero-order valence-corrected chi connectivity index (χ0v) is 17.0. The summed E-state index contributed by atoms with van der Waals surface area (Å²) in [6.07, 6.45) is 11.3. The second-order valence-corrected chi connectivity index (χ2v) is 7.15. The molecular weight excluding hydrogens is 328 g/mol. The van der Waals surface area contributed by atoms with E-state index in [0.717, 1.165) is 37.3 Å². The third-order valence-corrected chi connectivity index (χ3v) is 4.89. The highest BCUT2D eigenvalue weighted by Crippen LogP contribution is 2.17. The second kappa shape index (κ2) is 12.1. The molecule has 1 rings (SSSR count). The van der Waals surface area contributed by atoms with Gasteiger partial charge in [-0.3, -0.25) is 4.98 Å². The van der Waals surface area contributed by atoms with Gasteiger partial charge in [-0.2, -0.15) is 0 Å². The Labute approximate surface area is 159 Å². The van der Waals surface area contributed by atoms with Crippen molar-refractivity contribution in [1.29, 1.82) is 0 Å². The van der Waals surface area contributed by atoms with Crippen LogP contribution in [0, 0.1) is 0 Å². The van der Waals surface area contributed by atoms with Crippen LogP contribution in [-0.2, 0) is 0 Å². The summed E-state index contributed by atoms with van der Waals surface area (Å²) in [6.45, 7) is 8.22. The van der Waals surface area contributed by atoms with Crippen molar-refractivity contribution in [1.82, 2.24) is 4.98 Å². The summed E-state index contributed by atoms with van der Waals surface area (Å²) >= 11 is 5.48. The molecule has 0 saturated heterocycles. The molecule has 0 aliphatic carbocycles. The summed E-state index contributed by atoms with van der Waals surface area (Å²) in [7, 11) is 0. The number of unbranched alkanes of at least 4 members (excludes halogenated alkanes) is 6. The quantitative estimate of drug-likeness (QED) is 0.186. The molecule has 0 unspecified atom stereocenters. The predicted molar refractivity (Wildman–Crippen MR) is 112 cm³/mol. The van der Waals surface area contributed by atoms with Crippen molar-refractivity contribution in [3.05, 3.63) is 30.1 Å². The molecule has 1 aromatic rings. The van der Waals surface area contributed by atoms with Gasteiger partial charge in [-0.25, -0.2) is 0 Å². The van der Waals surface area contributed by atoms with E-state index in [0.29, 0.717) is 9.70 Å². The minimum absolute atomic E-state index is 0.366. The third kappa shape index (κ3) is 7.61. The van der Waals surface area contributed by atoms with E-state index in [9.17, 15) is 0 Å². The molecule has 0 bridgehead atoms. The van der Waals surface area contributed by atoms with E-state index in [-0.39, 0.29) is 0 Å². The Hall–Kier alpha value is -1.33. The van der Waals surface area contributed by atoms with Crippen molar-refractivity contribution in [2.24, 2.45) is 10.8 Å². The average Bonchev–Trinajstić information content (AvgIpc) is 2.62. The number of nitrogens with zero attached hydrogens (tertiary/aromatic N) is 3. The van der Waals surface area contributed by atoms with Crippen LogP contribution in [0.1, 0.15) is 77.8 Å². The first-order chi connectivity index (χ1) is 12.1. The first-order valence-electron chi connectivity index (χ1n) is 9.71. The van der Waals surface area contributed by atoms with Gasteiger partial charge in [-0.15, -0.1) is 4.59 Å². The SMILES string of the molecule is CCCCCC[N+](CCCCCC)(/N=C(\C)c1ccccn1)C(N)=S. The Morgan fingerprint density at radius 3 is 2.08 bits per heavy atom. The van der Waals surface area contributed by atoms with Crippen molar-refractivity contribution in [3.63, 3.8) is 0 Å². The molecule has 1 heterocycles. The molecule has 0 aliphatic heterocycles. The van der Waals surface area contributed by atoms with Crippen LogP contribution in [0.25, 0.3) is 0 Å². The van der Waals surface area contributed by atoms with Gasteiger partial charge in [0.25, 0.3) is 5.11 Å². The van der Waals surface area contributed by atoms with Crippen LogP contribution in [0.15, 0.2) is 29.5 Å². The van der Waals surface area contributed by atoms with Crippen molar-refractivity contribution in [3.8, 4) is 0 Å². The molecule has 0 aliphatic rings. The lowest BCUT2D eigenvalue weighted by Crippen LogP contribution is -2.53. The lowest BCUT2D eigenvalue weighted by Gasteiger charge is -2.30. The minimum Gasteiger partial charge on any atom is -0.343 e. The Balaban J connectivity index is 2.98. The van der Waals surface area contributed by atoms with E-state index >= 15 is 0 Å². The molecule has 140 valence electrons. The molecule has 0 atom stereocenters. The molecule has 0 radical (unpaired) electrons. The van der Waals surface area contributed by atoms with Crippen molar-refractivity contribution < 1.29 is 4.59 Å². The van der Waals surface area contributed by atoms with Crippen LogP contribution in [0.2, 0.25) is 0 Å². The Morgan fingerprint density at radius 2 is 1.64 bits per heavy atom. The molecule has 4 nitrogen and oxygen atoms in total. The van der Waals surface area contributed by atoms with Crippen LogP contribution in [0.3, 0.4) is 0 Å². The summed E-state index contributed by atoms with van der Waals surface area (Å²) in [4.78, 5) is 4.42. The zero-order chi connectivity index (χ0) is 18.5. The topological polar surface area (TPSA) is 51.3 Å². The van der Waals surface area contributed by atoms with E-state index in [4.69, 9.17) is 23.1 Å². The summed E-state index contributed by atoms with van der Waals surface area (Å²) in [5.41, 5.74) is 8.00. The molecule has 0 aromatic carbocycles. The zero-order valence-electron chi connectivity index (χ0n) is 16.2. The van der Waals surface area contributed by atoms with E-state index in [1.807, 2.05) is 25.1 Å². The number of hydrogen-bond donors (Lipinski definition) is 1. The van der Waals surface area contributed by atoms with E-state index < -0.39 is 0 Å². The molecule has 25 heavy (non-hydrogen) atoms. The smallest absolute Gasteiger partial charge is 0.294 e. The van der Waals surface area contributed by atoms with E-state index in [1.54, 1.807) is 6.20 Å². The highest BCUT2D eigenvalue weighted by Gasteiger charge is 2.32. The monoisotopic (exact) mass is 363 g/mol. The minimum atomic E-state index is 0.366. The maximum Gasteiger partial charge on any atom is 0.294 e. The lowest BCUT2D eigenvalue weighted by molar-refractivity contribution is -0.847. The number of rotatable bonds is 12. The molecule has 5 heteroatoms. The van der Waals surface area contributed by atoms with Crippen molar-refractivity contribution in [2.75, 3.05) is 13.1 Å². The molecule has 0 saturated carbocycles. The molecule has 1 aromatic heterocycles. The fourth-order valence-corrected chi connectivity index (χ4v) is 3.22. The Kier molecular flexibility index (Phi) is 10.5. The maximum absolute atomic E-state index is 6.20. The third-order valence-electron chi connectivity index (χ3n) is 4.55. The number of nitrogens with two attached hydrogens (primary N) is 1. The van der Waals surface area contributed by atoms with Crippen LogP contribution in [0.4, 0.5) is 0 Å². The number of aromatic nitrogens is 1. The fraction of sp³-hybridized carbons (Fsp3) is 0.650. The van der Waals surface area contributed by atoms with Gasteiger partial charge >= 0.3 is 0 Å². The highest BCUT2D eigenvalue weighted by molar-refractivity contribution is 7.79. The number of quaternary nitrogens is 1. The molecule has 2 N–H and O–H groups in total. The maximum atomic E-state index is 6.20. The summed E-state index contributed by atoms with van der Waals surface area (Å²) in [5.74, 6) is 0. The first-order valence-corrected chi connectivity index (χ1v) is 10.1. The molecule has 0 fully saturated rings.